The van der Waals surface area contributed by atoms with Crippen molar-refractivity contribution in [1.82, 2.24) is 10.9 Å². The molecule has 29 heavy (non-hydrogen) atoms. The highest BCUT2D eigenvalue weighted by atomic mass is 32.2. The molecule has 0 bridgehead atoms. The predicted molar refractivity (Wildman–Crippen MR) is 106 cm³/mol. The Morgan fingerprint density at radius 1 is 0.931 bits per heavy atom. The van der Waals surface area contributed by atoms with Gasteiger partial charge in [0.2, 0.25) is 5.75 Å². The van der Waals surface area contributed by atoms with Crippen LogP contribution in [0.25, 0.3) is 0 Å². The maximum atomic E-state index is 12.4. The van der Waals surface area contributed by atoms with Crippen LogP contribution in [0.2, 0.25) is 0 Å². The smallest absolute Gasteiger partial charge is 0.283 e. The highest BCUT2D eigenvalue weighted by Gasteiger charge is 2.19. The van der Waals surface area contributed by atoms with Crippen LogP contribution >= 0.6 is 11.8 Å². The van der Waals surface area contributed by atoms with Gasteiger partial charge in [0.25, 0.3) is 17.5 Å². The third-order valence-electron chi connectivity index (χ3n) is 3.85. The van der Waals surface area contributed by atoms with Crippen molar-refractivity contribution in [2.24, 2.45) is 0 Å². The molecule has 0 radical (unpaired) electrons. The second-order valence-corrected chi connectivity index (χ2v) is 6.31. The Morgan fingerprint density at radius 3 is 1.93 bits per heavy atom. The SMILES string of the molecule is COc1cc(C(=O)NNC(=O)c2ccc(SC)c([N+](=O)[O-])c2)cc(OC)c1OC. The molecule has 2 rings (SSSR count). The first kappa shape index (κ1) is 21.8. The summed E-state index contributed by atoms with van der Waals surface area (Å²) in [5, 5.41) is 11.1. The molecule has 0 atom stereocenters. The number of amides is 2. The van der Waals surface area contributed by atoms with Gasteiger partial charge in [-0.2, -0.15) is 0 Å². The number of methoxy groups -OCH3 is 3. The van der Waals surface area contributed by atoms with E-state index < -0.39 is 16.7 Å². The van der Waals surface area contributed by atoms with Gasteiger partial charge in [0.05, 0.1) is 31.1 Å². The molecular weight excluding hydrogens is 402 g/mol. The van der Waals surface area contributed by atoms with Crippen molar-refractivity contribution in [3.63, 3.8) is 0 Å². The fourth-order valence-corrected chi connectivity index (χ4v) is 2.99. The molecule has 0 aromatic heterocycles. The third kappa shape index (κ3) is 4.88. The summed E-state index contributed by atoms with van der Waals surface area (Å²) in [5.74, 6) is -0.496. The zero-order valence-electron chi connectivity index (χ0n) is 16.1. The molecule has 2 aromatic rings. The van der Waals surface area contributed by atoms with Crippen LogP contribution in [0.1, 0.15) is 20.7 Å². The minimum atomic E-state index is -0.707. The first-order valence-corrected chi connectivity index (χ1v) is 9.31. The molecule has 0 fully saturated rings. The molecule has 0 aliphatic carbocycles. The lowest BCUT2D eigenvalue weighted by molar-refractivity contribution is -0.387. The van der Waals surface area contributed by atoms with Gasteiger partial charge in [-0.3, -0.25) is 30.6 Å². The van der Waals surface area contributed by atoms with Crippen molar-refractivity contribution in [2.45, 2.75) is 4.90 Å². The van der Waals surface area contributed by atoms with E-state index in [-0.39, 0.29) is 28.3 Å². The minimum Gasteiger partial charge on any atom is -0.493 e. The third-order valence-corrected chi connectivity index (χ3v) is 4.64. The van der Waals surface area contributed by atoms with E-state index in [1.165, 1.54) is 57.4 Å². The monoisotopic (exact) mass is 421 g/mol. The highest BCUT2D eigenvalue weighted by Crippen LogP contribution is 2.38. The molecule has 2 amide bonds. The number of rotatable bonds is 7. The number of carbonyl (C=O) groups is 2. The predicted octanol–water partition coefficient (Wildman–Crippen LogP) is 2.42. The van der Waals surface area contributed by atoms with Gasteiger partial charge in [-0.05, 0) is 30.5 Å². The lowest BCUT2D eigenvalue weighted by atomic mass is 10.1. The van der Waals surface area contributed by atoms with E-state index in [2.05, 4.69) is 10.9 Å². The molecule has 0 aliphatic rings. The lowest BCUT2D eigenvalue weighted by Crippen LogP contribution is -2.41. The molecule has 154 valence electrons. The summed E-state index contributed by atoms with van der Waals surface area (Å²) in [7, 11) is 4.25. The Labute approximate surface area is 170 Å². The number of benzene rings is 2. The van der Waals surface area contributed by atoms with Crippen LogP contribution in [-0.4, -0.2) is 44.3 Å². The minimum absolute atomic E-state index is 0.0275. The number of nitrogens with one attached hydrogen (secondary N) is 2. The maximum Gasteiger partial charge on any atom is 0.283 e. The molecule has 2 N–H and O–H groups in total. The lowest BCUT2D eigenvalue weighted by Gasteiger charge is -2.14. The number of thioether (sulfide) groups is 1. The first-order chi connectivity index (χ1) is 13.9. The Bertz CT molecular complexity index is 924. The molecule has 0 saturated heterocycles. The fraction of sp³-hybridized carbons (Fsp3) is 0.222. The van der Waals surface area contributed by atoms with Crippen molar-refractivity contribution in [3.8, 4) is 17.2 Å². The van der Waals surface area contributed by atoms with Crippen LogP contribution in [0, 0.1) is 10.1 Å². The summed E-state index contributed by atoms with van der Waals surface area (Å²) in [5.41, 5.74) is 4.45. The number of carbonyl (C=O) groups excluding carboxylic acids is 2. The van der Waals surface area contributed by atoms with E-state index in [4.69, 9.17) is 14.2 Å². The van der Waals surface area contributed by atoms with Gasteiger partial charge < -0.3 is 14.2 Å². The van der Waals surface area contributed by atoms with Crippen LogP contribution in [0.5, 0.6) is 17.2 Å². The first-order valence-electron chi connectivity index (χ1n) is 8.09. The Kier molecular flexibility index (Phi) is 7.26. The van der Waals surface area contributed by atoms with E-state index in [1.807, 2.05) is 0 Å². The summed E-state index contributed by atoms with van der Waals surface area (Å²) in [6.07, 6.45) is 1.69. The van der Waals surface area contributed by atoms with Gasteiger partial charge in [0.15, 0.2) is 11.5 Å². The van der Waals surface area contributed by atoms with Crippen molar-refractivity contribution < 1.29 is 28.7 Å². The van der Waals surface area contributed by atoms with Gasteiger partial charge in [-0.25, -0.2) is 0 Å². The quantitative estimate of drug-likeness (QED) is 0.396. The zero-order valence-corrected chi connectivity index (χ0v) is 16.9. The van der Waals surface area contributed by atoms with Gasteiger partial charge in [0, 0.05) is 17.2 Å². The van der Waals surface area contributed by atoms with Gasteiger partial charge in [-0.15, -0.1) is 11.8 Å². The standard InChI is InChI=1S/C18H19N3O7S/c1-26-13-8-11(9-14(27-2)16(13)28-3)18(23)20-19-17(22)10-5-6-15(29-4)12(7-10)21(24)25/h5-9H,1-4H3,(H,19,22)(H,20,23). The van der Waals surface area contributed by atoms with Crippen LogP contribution in [0.3, 0.4) is 0 Å². The number of nitrogens with zero attached hydrogens (tertiary/aromatic N) is 1. The number of nitro benzene ring substituents is 1. The van der Waals surface area contributed by atoms with Crippen molar-refractivity contribution in [1.29, 1.82) is 0 Å². The zero-order chi connectivity index (χ0) is 21.6. The van der Waals surface area contributed by atoms with Crippen LogP contribution in [0.4, 0.5) is 5.69 Å². The van der Waals surface area contributed by atoms with Crippen molar-refractivity contribution in [3.05, 3.63) is 51.6 Å². The fourth-order valence-electron chi connectivity index (χ4n) is 2.44. The number of hydrogen-bond acceptors (Lipinski definition) is 8. The number of ether oxygens (including phenoxy) is 3. The van der Waals surface area contributed by atoms with E-state index in [9.17, 15) is 19.7 Å². The molecule has 2 aromatic carbocycles. The average Bonchev–Trinajstić information content (AvgIpc) is 2.75. The van der Waals surface area contributed by atoms with E-state index in [1.54, 1.807) is 6.26 Å². The molecular formula is C18H19N3O7S. The summed E-state index contributed by atoms with van der Waals surface area (Å²) in [4.78, 5) is 35.7. The van der Waals surface area contributed by atoms with E-state index >= 15 is 0 Å². The largest absolute Gasteiger partial charge is 0.493 e. The summed E-state index contributed by atoms with van der Waals surface area (Å²) < 4.78 is 15.6. The van der Waals surface area contributed by atoms with Gasteiger partial charge >= 0.3 is 0 Å². The summed E-state index contributed by atoms with van der Waals surface area (Å²) >= 11 is 1.19. The molecule has 0 heterocycles. The van der Waals surface area contributed by atoms with Crippen LogP contribution < -0.4 is 25.1 Å². The van der Waals surface area contributed by atoms with Gasteiger partial charge in [0.1, 0.15) is 0 Å². The summed E-state index contributed by atoms with van der Waals surface area (Å²) in [6, 6.07) is 6.88. The van der Waals surface area contributed by atoms with Crippen molar-refractivity contribution in [2.75, 3.05) is 27.6 Å². The van der Waals surface area contributed by atoms with E-state index in [0.29, 0.717) is 10.6 Å². The average molecular weight is 421 g/mol. The molecule has 10 nitrogen and oxygen atoms in total. The normalized spacial score (nSPS) is 10.1. The Balaban J connectivity index is 2.18. The van der Waals surface area contributed by atoms with E-state index in [0.717, 1.165) is 6.07 Å². The molecule has 0 aliphatic heterocycles. The maximum absolute atomic E-state index is 12.4. The molecule has 0 spiro atoms. The second kappa shape index (κ2) is 9.64. The Morgan fingerprint density at radius 2 is 1.48 bits per heavy atom. The van der Waals surface area contributed by atoms with Crippen LogP contribution in [0.15, 0.2) is 35.2 Å². The number of hydrogen-bond donors (Lipinski definition) is 2. The molecule has 0 saturated carbocycles. The molecule has 11 heteroatoms. The number of hydrazine groups is 1. The number of nitro groups is 1. The highest BCUT2D eigenvalue weighted by molar-refractivity contribution is 7.98. The van der Waals surface area contributed by atoms with Crippen LogP contribution in [-0.2, 0) is 0 Å². The topological polar surface area (TPSA) is 129 Å². The molecule has 0 unspecified atom stereocenters. The van der Waals surface area contributed by atoms with Crippen molar-refractivity contribution >= 4 is 29.3 Å². The summed E-state index contributed by atoms with van der Waals surface area (Å²) in [6.45, 7) is 0. The second-order valence-electron chi connectivity index (χ2n) is 5.47. The Hall–Kier alpha value is -3.47. The van der Waals surface area contributed by atoms with Gasteiger partial charge in [-0.1, -0.05) is 0 Å².